The van der Waals surface area contributed by atoms with Crippen molar-refractivity contribution in [3.63, 3.8) is 0 Å². The molecule has 0 aromatic heterocycles. The van der Waals surface area contributed by atoms with Crippen LogP contribution in [0.25, 0.3) is 0 Å². The van der Waals surface area contributed by atoms with Crippen LogP contribution >= 0.6 is 0 Å². The van der Waals surface area contributed by atoms with Crippen LogP contribution < -0.4 is 0 Å². The van der Waals surface area contributed by atoms with E-state index in [0.29, 0.717) is 0 Å². The molecule has 0 saturated carbocycles. The van der Waals surface area contributed by atoms with Crippen LogP contribution in [0.5, 0.6) is 0 Å². The van der Waals surface area contributed by atoms with Gasteiger partial charge in [-0.3, -0.25) is 4.79 Å². The highest BCUT2D eigenvalue weighted by atomic mass is 16.5. The van der Waals surface area contributed by atoms with Gasteiger partial charge in [0.05, 0.1) is 7.11 Å². The lowest BCUT2D eigenvalue weighted by Gasteiger charge is -2.18. The second-order valence-corrected chi connectivity index (χ2v) is 2.38. The molecule has 1 atom stereocenters. The van der Waals surface area contributed by atoms with Gasteiger partial charge in [0.1, 0.15) is 0 Å². The minimum absolute atomic E-state index is 0.581. The van der Waals surface area contributed by atoms with Crippen molar-refractivity contribution in [2.45, 2.75) is 6.10 Å². The van der Waals surface area contributed by atoms with E-state index >= 15 is 0 Å². The standard InChI is InChI=1S/C7H8O6/c1-13-7-5(11)3(9)2(8)4(10)6(7)12/h3,8-10,12H,1H3. The topological polar surface area (TPSA) is 107 Å². The summed E-state index contributed by atoms with van der Waals surface area (Å²) >= 11 is 0. The molecular formula is C7H8O6. The fraction of sp³-hybridized carbons (Fsp3) is 0.286. The fourth-order valence-electron chi connectivity index (χ4n) is 0.921. The molecule has 0 amide bonds. The highest BCUT2D eigenvalue weighted by molar-refractivity contribution is 6.00. The number of hydrogen-bond donors (Lipinski definition) is 4. The highest BCUT2D eigenvalue weighted by Crippen LogP contribution is 2.23. The zero-order valence-corrected chi connectivity index (χ0v) is 6.68. The van der Waals surface area contributed by atoms with Gasteiger partial charge in [0.25, 0.3) is 0 Å². The van der Waals surface area contributed by atoms with E-state index < -0.39 is 34.9 Å². The normalized spacial score (nSPS) is 23.8. The maximum absolute atomic E-state index is 11.0. The van der Waals surface area contributed by atoms with Crippen LogP contribution in [0.15, 0.2) is 23.0 Å². The largest absolute Gasteiger partial charge is 0.506 e. The second kappa shape index (κ2) is 2.98. The summed E-state index contributed by atoms with van der Waals surface area (Å²) in [7, 11) is 1.09. The minimum atomic E-state index is -1.88. The smallest absolute Gasteiger partial charge is 0.237 e. The molecule has 0 spiro atoms. The van der Waals surface area contributed by atoms with Crippen molar-refractivity contribution >= 4 is 5.78 Å². The Balaban J connectivity index is 3.27. The Morgan fingerprint density at radius 3 is 2.23 bits per heavy atom. The first-order chi connectivity index (χ1) is 6.00. The summed E-state index contributed by atoms with van der Waals surface area (Å²) in [5.41, 5.74) is 0. The van der Waals surface area contributed by atoms with Crippen molar-refractivity contribution in [1.29, 1.82) is 0 Å². The molecule has 72 valence electrons. The van der Waals surface area contributed by atoms with Crippen molar-refractivity contribution in [3.8, 4) is 0 Å². The molecule has 0 aliphatic heterocycles. The van der Waals surface area contributed by atoms with Crippen LogP contribution in [0.4, 0.5) is 0 Å². The zero-order valence-electron chi connectivity index (χ0n) is 6.68. The maximum atomic E-state index is 11.0. The van der Waals surface area contributed by atoms with E-state index in [1.807, 2.05) is 0 Å². The monoisotopic (exact) mass is 188 g/mol. The number of methoxy groups -OCH3 is 1. The lowest BCUT2D eigenvalue weighted by atomic mass is 10.0. The quantitative estimate of drug-likeness (QED) is 0.449. The van der Waals surface area contributed by atoms with Crippen LogP contribution in [-0.4, -0.2) is 39.4 Å². The summed E-state index contributed by atoms with van der Waals surface area (Å²) in [4.78, 5) is 11.0. The number of carbonyl (C=O) groups excluding carboxylic acids is 1. The zero-order chi connectivity index (χ0) is 10.2. The molecule has 0 radical (unpaired) electrons. The molecular weight excluding hydrogens is 180 g/mol. The Morgan fingerprint density at radius 1 is 1.23 bits per heavy atom. The van der Waals surface area contributed by atoms with Crippen LogP contribution in [0.2, 0.25) is 0 Å². The number of ketones is 1. The van der Waals surface area contributed by atoms with E-state index in [1.165, 1.54) is 0 Å². The predicted octanol–water partition coefficient (Wildman–Crippen LogP) is -0.326. The number of aliphatic hydroxyl groups excluding tert-OH is 4. The van der Waals surface area contributed by atoms with Gasteiger partial charge in [-0.05, 0) is 0 Å². The van der Waals surface area contributed by atoms with Gasteiger partial charge in [-0.1, -0.05) is 0 Å². The van der Waals surface area contributed by atoms with Crippen LogP contribution in [-0.2, 0) is 9.53 Å². The van der Waals surface area contributed by atoms with Gasteiger partial charge in [0.15, 0.2) is 11.9 Å². The Labute approximate surface area is 73.0 Å². The molecule has 0 heterocycles. The third-order valence-corrected chi connectivity index (χ3v) is 1.62. The molecule has 4 N–H and O–H groups in total. The third kappa shape index (κ3) is 1.20. The number of ether oxygens (including phenoxy) is 1. The van der Waals surface area contributed by atoms with Crippen molar-refractivity contribution in [2.24, 2.45) is 0 Å². The van der Waals surface area contributed by atoms with E-state index in [2.05, 4.69) is 4.74 Å². The molecule has 0 saturated heterocycles. The minimum Gasteiger partial charge on any atom is -0.506 e. The van der Waals surface area contributed by atoms with E-state index in [9.17, 15) is 4.79 Å². The summed E-state index contributed by atoms with van der Waals surface area (Å²) < 4.78 is 4.42. The first-order valence-corrected chi connectivity index (χ1v) is 3.32. The van der Waals surface area contributed by atoms with Crippen LogP contribution in [0, 0.1) is 0 Å². The Kier molecular flexibility index (Phi) is 2.16. The van der Waals surface area contributed by atoms with Gasteiger partial charge in [0.2, 0.25) is 23.1 Å². The first-order valence-electron chi connectivity index (χ1n) is 3.32. The summed E-state index contributed by atoms with van der Waals surface area (Å²) in [6, 6.07) is 0. The average Bonchev–Trinajstić information content (AvgIpc) is 2.13. The predicted molar refractivity (Wildman–Crippen MR) is 40.0 cm³/mol. The number of carbonyl (C=O) groups is 1. The summed E-state index contributed by atoms with van der Waals surface area (Å²) in [6.07, 6.45) is -1.88. The fourth-order valence-corrected chi connectivity index (χ4v) is 0.921. The number of hydrogen-bond acceptors (Lipinski definition) is 6. The summed E-state index contributed by atoms with van der Waals surface area (Å²) in [5, 5.41) is 35.9. The molecule has 1 unspecified atom stereocenters. The van der Waals surface area contributed by atoms with E-state index in [-0.39, 0.29) is 0 Å². The number of Topliss-reactive ketones (excluding diaryl/α,β-unsaturated/α-hetero) is 1. The number of rotatable bonds is 1. The SMILES string of the molecule is COC1=C(O)C(O)=C(O)C(O)C1=O. The van der Waals surface area contributed by atoms with Gasteiger partial charge in [-0.15, -0.1) is 0 Å². The lowest BCUT2D eigenvalue weighted by molar-refractivity contribution is -0.127. The summed E-state index contributed by atoms with van der Waals surface area (Å²) in [5.74, 6) is -4.40. The van der Waals surface area contributed by atoms with Crippen molar-refractivity contribution in [1.82, 2.24) is 0 Å². The summed E-state index contributed by atoms with van der Waals surface area (Å²) in [6.45, 7) is 0. The Bertz CT molecular complexity index is 313. The molecule has 13 heavy (non-hydrogen) atoms. The highest BCUT2D eigenvalue weighted by Gasteiger charge is 2.36. The van der Waals surface area contributed by atoms with Crippen molar-refractivity contribution in [2.75, 3.05) is 7.11 Å². The second-order valence-electron chi connectivity index (χ2n) is 2.38. The average molecular weight is 188 g/mol. The number of aliphatic hydroxyl groups is 4. The van der Waals surface area contributed by atoms with Gasteiger partial charge in [0, 0.05) is 0 Å². The molecule has 1 aliphatic carbocycles. The van der Waals surface area contributed by atoms with Crippen LogP contribution in [0.3, 0.4) is 0 Å². The third-order valence-electron chi connectivity index (χ3n) is 1.62. The maximum Gasteiger partial charge on any atom is 0.237 e. The van der Waals surface area contributed by atoms with Gasteiger partial charge >= 0.3 is 0 Å². The van der Waals surface area contributed by atoms with Gasteiger partial charge < -0.3 is 25.2 Å². The van der Waals surface area contributed by atoms with Gasteiger partial charge in [-0.25, -0.2) is 0 Å². The van der Waals surface area contributed by atoms with Gasteiger partial charge in [-0.2, -0.15) is 0 Å². The molecule has 0 aromatic carbocycles. The Morgan fingerprint density at radius 2 is 1.77 bits per heavy atom. The van der Waals surface area contributed by atoms with Crippen LogP contribution in [0.1, 0.15) is 0 Å². The molecule has 6 heteroatoms. The van der Waals surface area contributed by atoms with E-state index in [0.717, 1.165) is 7.11 Å². The molecule has 1 aliphatic rings. The molecule has 1 rings (SSSR count). The first kappa shape index (κ1) is 9.40. The molecule has 6 nitrogen and oxygen atoms in total. The van der Waals surface area contributed by atoms with Crippen molar-refractivity contribution < 1.29 is 30.0 Å². The van der Waals surface area contributed by atoms with E-state index in [4.69, 9.17) is 20.4 Å². The lowest BCUT2D eigenvalue weighted by Crippen LogP contribution is -2.31. The van der Waals surface area contributed by atoms with E-state index in [1.54, 1.807) is 0 Å². The van der Waals surface area contributed by atoms with Crippen molar-refractivity contribution in [3.05, 3.63) is 23.0 Å². The molecule has 0 bridgehead atoms. The molecule has 0 aromatic rings. The Hall–Kier alpha value is -1.69. The molecule has 0 fully saturated rings.